The summed E-state index contributed by atoms with van der Waals surface area (Å²) >= 11 is 0. The lowest BCUT2D eigenvalue weighted by molar-refractivity contribution is 0.582. The second-order valence-corrected chi connectivity index (χ2v) is 5.87. The fraction of sp³-hybridized carbons (Fsp3) is 0.167. The van der Waals surface area contributed by atoms with Gasteiger partial charge in [-0.2, -0.15) is 0 Å². The van der Waals surface area contributed by atoms with Crippen LogP contribution in [0.1, 0.15) is 20.3 Å². The van der Waals surface area contributed by atoms with Crippen LogP contribution >= 0.6 is 0 Å². The molecule has 1 heterocycles. The van der Waals surface area contributed by atoms with E-state index in [0.29, 0.717) is 5.92 Å². The summed E-state index contributed by atoms with van der Waals surface area (Å²) in [4.78, 5) is 1.99. The van der Waals surface area contributed by atoms with Crippen LogP contribution in [0, 0.1) is 5.92 Å². The molecule has 1 unspecified atom stereocenters. The van der Waals surface area contributed by atoms with E-state index in [1.54, 1.807) is 0 Å². The van der Waals surface area contributed by atoms with Crippen molar-refractivity contribution in [2.45, 2.75) is 20.3 Å². The van der Waals surface area contributed by atoms with Gasteiger partial charge in [0.1, 0.15) is 0 Å². The van der Waals surface area contributed by atoms with Crippen LogP contribution in [0.2, 0.25) is 0 Å². The van der Waals surface area contributed by atoms with E-state index in [-0.39, 0.29) is 0 Å². The molecule has 130 valence electrons. The maximum atomic E-state index is 4.21. The smallest absolute Gasteiger partial charge is 0.0455 e. The lowest BCUT2D eigenvalue weighted by Crippen LogP contribution is -2.18. The van der Waals surface area contributed by atoms with E-state index in [1.807, 2.05) is 66.5 Å². The molecule has 0 aromatic rings. The number of hydrogen-bond donors (Lipinski definition) is 0. The maximum absolute atomic E-state index is 4.21. The molecule has 0 saturated heterocycles. The molecule has 1 atom stereocenters. The van der Waals surface area contributed by atoms with Crippen molar-refractivity contribution in [2.24, 2.45) is 5.92 Å². The number of rotatable bonds is 3. The first-order valence-corrected chi connectivity index (χ1v) is 8.50. The van der Waals surface area contributed by atoms with Gasteiger partial charge in [-0.05, 0) is 43.6 Å². The van der Waals surface area contributed by atoms with Crippen molar-refractivity contribution in [3.8, 4) is 0 Å². The first-order chi connectivity index (χ1) is 12.0. The predicted octanol–water partition coefficient (Wildman–Crippen LogP) is 6.78. The third kappa shape index (κ3) is 7.09. The van der Waals surface area contributed by atoms with Crippen molar-refractivity contribution in [3.63, 3.8) is 0 Å². The number of allylic oxidation sites excluding steroid dienone is 13. The Labute approximate surface area is 153 Å². The highest BCUT2D eigenvalue weighted by Crippen LogP contribution is 2.22. The van der Waals surface area contributed by atoms with Gasteiger partial charge in [0.05, 0.1) is 0 Å². The van der Waals surface area contributed by atoms with Crippen molar-refractivity contribution < 1.29 is 0 Å². The Balaban J connectivity index is 3.29. The molecule has 0 bridgehead atoms. The fourth-order valence-corrected chi connectivity index (χ4v) is 2.28. The van der Waals surface area contributed by atoms with E-state index in [1.165, 1.54) is 0 Å². The molecular weight excluding hydrogens is 302 g/mol. The molecule has 25 heavy (non-hydrogen) atoms. The molecule has 1 nitrogen and oxygen atoms in total. The standard InChI is InChI=1S/C24H29N/c1-7-9-17-24(8-2)25-22(5)16-11-10-13-20(3)14-12-15-21(4)18-19-23(25)6/h7-13,15-19,21H,2-3,5-6,14H2,1,4H3/b9-7-,13-10-,15-12-,16-11-,19-18-,24-17+. The van der Waals surface area contributed by atoms with E-state index in [9.17, 15) is 0 Å². The summed E-state index contributed by atoms with van der Waals surface area (Å²) in [5.41, 5.74) is 3.66. The molecule has 0 saturated carbocycles. The second kappa shape index (κ2) is 10.9. The summed E-state index contributed by atoms with van der Waals surface area (Å²) in [5.74, 6) is 0.314. The molecular formula is C24H29N. The molecule has 0 radical (unpaired) electrons. The minimum Gasteiger partial charge on any atom is -0.312 e. The van der Waals surface area contributed by atoms with Crippen molar-refractivity contribution in [1.82, 2.24) is 4.90 Å². The Morgan fingerprint density at radius 1 is 1.08 bits per heavy atom. The van der Waals surface area contributed by atoms with E-state index in [4.69, 9.17) is 0 Å². The van der Waals surface area contributed by atoms with Crippen molar-refractivity contribution in [2.75, 3.05) is 0 Å². The SMILES string of the molecule is C=C/C(=C\C=C/C)N1C(=C)/C=C\C=C/C(=C)C/C=C\C(C)/C=C\C1=C. The molecule has 1 rings (SSSR count). The fourth-order valence-electron chi connectivity index (χ4n) is 2.28. The molecule has 0 aromatic heterocycles. The van der Waals surface area contributed by atoms with Crippen LogP contribution in [-0.2, 0) is 0 Å². The Morgan fingerprint density at radius 3 is 2.44 bits per heavy atom. The third-order valence-corrected chi connectivity index (χ3v) is 3.64. The van der Waals surface area contributed by atoms with Crippen molar-refractivity contribution in [3.05, 3.63) is 122 Å². The minimum atomic E-state index is 0.314. The average molecular weight is 332 g/mol. The minimum absolute atomic E-state index is 0.314. The van der Waals surface area contributed by atoms with Crippen LogP contribution in [0.25, 0.3) is 0 Å². The van der Waals surface area contributed by atoms with Crippen LogP contribution in [0.3, 0.4) is 0 Å². The lowest BCUT2D eigenvalue weighted by Gasteiger charge is -2.26. The Hall–Kier alpha value is -2.80. The maximum Gasteiger partial charge on any atom is 0.0455 e. The van der Waals surface area contributed by atoms with Gasteiger partial charge < -0.3 is 4.90 Å². The normalized spacial score (nSPS) is 25.5. The van der Waals surface area contributed by atoms with E-state index >= 15 is 0 Å². The Kier molecular flexibility index (Phi) is 8.81. The van der Waals surface area contributed by atoms with E-state index in [2.05, 4.69) is 51.5 Å². The molecule has 0 aliphatic carbocycles. The van der Waals surface area contributed by atoms with Gasteiger partial charge in [0.25, 0.3) is 0 Å². The molecule has 1 heteroatoms. The van der Waals surface area contributed by atoms with Crippen LogP contribution in [0.4, 0.5) is 0 Å². The molecule has 1 aliphatic rings. The Bertz CT molecular complexity index is 690. The van der Waals surface area contributed by atoms with Crippen molar-refractivity contribution >= 4 is 0 Å². The van der Waals surface area contributed by atoms with Crippen LogP contribution in [-0.4, -0.2) is 4.90 Å². The van der Waals surface area contributed by atoms with Gasteiger partial charge in [0.2, 0.25) is 0 Å². The van der Waals surface area contributed by atoms with Crippen LogP contribution < -0.4 is 0 Å². The molecule has 0 N–H and O–H groups in total. The predicted molar refractivity (Wildman–Crippen MR) is 113 cm³/mol. The number of hydrogen-bond acceptors (Lipinski definition) is 1. The summed E-state index contributed by atoms with van der Waals surface area (Å²) in [7, 11) is 0. The highest BCUT2D eigenvalue weighted by atomic mass is 15.1. The van der Waals surface area contributed by atoms with Gasteiger partial charge in [0.15, 0.2) is 0 Å². The molecule has 0 spiro atoms. The molecule has 0 amide bonds. The van der Waals surface area contributed by atoms with E-state index in [0.717, 1.165) is 29.1 Å². The van der Waals surface area contributed by atoms with Gasteiger partial charge in [0, 0.05) is 17.1 Å². The zero-order valence-corrected chi connectivity index (χ0v) is 15.5. The summed E-state index contributed by atoms with van der Waals surface area (Å²) < 4.78 is 0. The summed E-state index contributed by atoms with van der Waals surface area (Å²) in [6.45, 7) is 20.5. The quantitative estimate of drug-likeness (QED) is 0.407. The highest BCUT2D eigenvalue weighted by molar-refractivity contribution is 5.38. The number of nitrogens with zero attached hydrogens (tertiary/aromatic N) is 1. The summed E-state index contributed by atoms with van der Waals surface area (Å²) in [6, 6.07) is 0. The van der Waals surface area contributed by atoms with Gasteiger partial charge >= 0.3 is 0 Å². The Morgan fingerprint density at radius 2 is 1.76 bits per heavy atom. The first kappa shape index (κ1) is 20.2. The second-order valence-electron chi connectivity index (χ2n) is 5.87. The van der Waals surface area contributed by atoms with Gasteiger partial charge in [-0.1, -0.05) is 87.4 Å². The van der Waals surface area contributed by atoms with Crippen molar-refractivity contribution in [1.29, 1.82) is 0 Å². The zero-order chi connectivity index (χ0) is 18.7. The topological polar surface area (TPSA) is 3.24 Å². The molecule has 0 aromatic carbocycles. The average Bonchev–Trinajstić information content (AvgIpc) is 2.59. The first-order valence-electron chi connectivity index (χ1n) is 8.50. The molecule has 0 fully saturated rings. The van der Waals surface area contributed by atoms with Gasteiger partial charge in [-0.25, -0.2) is 0 Å². The summed E-state index contributed by atoms with van der Waals surface area (Å²) in [6.07, 6.45) is 25.0. The third-order valence-electron chi connectivity index (χ3n) is 3.64. The largest absolute Gasteiger partial charge is 0.312 e. The monoisotopic (exact) mass is 331 g/mol. The molecule has 1 aliphatic heterocycles. The van der Waals surface area contributed by atoms with Crippen LogP contribution in [0.15, 0.2) is 122 Å². The summed E-state index contributed by atoms with van der Waals surface area (Å²) in [5, 5.41) is 0. The van der Waals surface area contributed by atoms with Gasteiger partial charge in [-0.15, -0.1) is 0 Å². The lowest BCUT2D eigenvalue weighted by atomic mass is 10.1. The van der Waals surface area contributed by atoms with E-state index < -0.39 is 0 Å². The van der Waals surface area contributed by atoms with Gasteiger partial charge in [-0.3, -0.25) is 0 Å². The van der Waals surface area contributed by atoms with Crippen LogP contribution in [0.5, 0.6) is 0 Å². The zero-order valence-electron chi connectivity index (χ0n) is 15.5. The highest BCUT2D eigenvalue weighted by Gasteiger charge is 2.11.